The quantitative estimate of drug-likeness (QED) is 0.879. The summed E-state index contributed by atoms with van der Waals surface area (Å²) in [5.74, 6) is -0.0290. The molecule has 112 valence electrons. The summed E-state index contributed by atoms with van der Waals surface area (Å²) in [4.78, 5) is 20.3. The molecule has 5 nitrogen and oxygen atoms in total. The Morgan fingerprint density at radius 2 is 2.33 bits per heavy atom. The van der Waals surface area contributed by atoms with Crippen LogP contribution in [0, 0.1) is 0 Å². The molecule has 1 amide bonds. The van der Waals surface area contributed by atoms with E-state index in [1.54, 1.807) is 6.20 Å². The van der Waals surface area contributed by atoms with Gasteiger partial charge < -0.3 is 15.4 Å². The van der Waals surface area contributed by atoms with Gasteiger partial charge >= 0.3 is 0 Å². The largest absolute Gasteiger partial charge is 0.397 e. The fraction of sp³-hybridized carbons (Fsp3) is 0.467. The van der Waals surface area contributed by atoms with Crippen molar-refractivity contribution in [2.45, 2.75) is 32.5 Å². The lowest BCUT2D eigenvalue weighted by Crippen LogP contribution is -2.53. The molecule has 1 saturated heterocycles. The number of morpholine rings is 1. The smallest absolute Gasteiger partial charge is 0.266 e. The summed E-state index contributed by atoms with van der Waals surface area (Å²) < 4.78 is 5.84. The molecule has 0 aromatic carbocycles. The van der Waals surface area contributed by atoms with Gasteiger partial charge in [0.25, 0.3) is 5.91 Å². The summed E-state index contributed by atoms with van der Waals surface area (Å²) >= 11 is 1.36. The molecular weight excluding hydrogens is 286 g/mol. The first-order valence-corrected chi connectivity index (χ1v) is 7.79. The number of carbonyl (C=O) groups excluding carboxylic acids is 1. The van der Waals surface area contributed by atoms with E-state index in [4.69, 9.17) is 10.5 Å². The van der Waals surface area contributed by atoms with Gasteiger partial charge in [0.2, 0.25) is 0 Å². The molecule has 21 heavy (non-hydrogen) atoms. The third-order valence-electron chi connectivity index (χ3n) is 3.56. The number of nitrogens with zero attached hydrogens (tertiary/aromatic N) is 2. The number of fused-ring (bicyclic) bond motifs is 1. The second-order valence-corrected chi connectivity index (χ2v) is 7.07. The van der Waals surface area contributed by atoms with Crippen molar-refractivity contribution in [1.29, 1.82) is 0 Å². The highest BCUT2D eigenvalue weighted by atomic mass is 32.1. The van der Waals surface area contributed by atoms with Crippen LogP contribution >= 0.6 is 11.3 Å². The lowest BCUT2D eigenvalue weighted by molar-refractivity contribution is -0.118. The fourth-order valence-electron chi connectivity index (χ4n) is 2.86. The number of pyridine rings is 1. The predicted molar refractivity (Wildman–Crippen MR) is 84.6 cm³/mol. The minimum atomic E-state index is -0.336. The van der Waals surface area contributed by atoms with Gasteiger partial charge in [-0.2, -0.15) is 0 Å². The van der Waals surface area contributed by atoms with E-state index in [9.17, 15) is 4.79 Å². The number of nitrogen functional groups attached to an aromatic ring is 1. The first kappa shape index (κ1) is 14.3. The third-order valence-corrected chi connectivity index (χ3v) is 4.67. The van der Waals surface area contributed by atoms with Crippen LogP contribution in [-0.4, -0.2) is 40.6 Å². The monoisotopic (exact) mass is 305 g/mol. The Morgan fingerprint density at radius 3 is 3.00 bits per heavy atom. The van der Waals surface area contributed by atoms with Gasteiger partial charge in [-0.25, -0.2) is 4.98 Å². The van der Waals surface area contributed by atoms with Gasteiger partial charge in [0.05, 0.1) is 17.4 Å². The van der Waals surface area contributed by atoms with Crippen LogP contribution in [-0.2, 0) is 4.74 Å². The molecule has 2 aromatic rings. The number of hydrogen-bond acceptors (Lipinski definition) is 5. The molecule has 3 heterocycles. The van der Waals surface area contributed by atoms with Crippen molar-refractivity contribution in [2.24, 2.45) is 0 Å². The molecule has 0 saturated carbocycles. The molecular formula is C15H19N3O2S. The predicted octanol–water partition coefficient (Wildman–Crippen LogP) is 2.52. The van der Waals surface area contributed by atoms with Crippen molar-refractivity contribution in [3.8, 4) is 0 Å². The van der Waals surface area contributed by atoms with Crippen LogP contribution < -0.4 is 5.73 Å². The number of amides is 1. The van der Waals surface area contributed by atoms with Crippen LogP contribution in [0.5, 0.6) is 0 Å². The lowest BCUT2D eigenvalue weighted by atomic mass is 10.1. The van der Waals surface area contributed by atoms with Gasteiger partial charge in [0.1, 0.15) is 9.71 Å². The van der Waals surface area contributed by atoms with Crippen LogP contribution in [0.2, 0.25) is 0 Å². The maximum atomic E-state index is 12.8. The summed E-state index contributed by atoms with van der Waals surface area (Å²) in [5, 5.41) is 0.853. The Labute approximate surface area is 127 Å². The van der Waals surface area contributed by atoms with Crippen molar-refractivity contribution in [3.63, 3.8) is 0 Å². The number of rotatable bonds is 1. The summed E-state index contributed by atoms with van der Waals surface area (Å²) in [6.45, 7) is 7.13. The number of thiophene rings is 1. The minimum absolute atomic E-state index is 0.0198. The number of aromatic nitrogens is 1. The molecule has 0 spiro atoms. The van der Waals surface area contributed by atoms with Gasteiger partial charge in [-0.15, -0.1) is 11.3 Å². The third kappa shape index (κ3) is 2.61. The molecule has 1 aliphatic rings. The van der Waals surface area contributed by atoms with Crippen LogP contribution in [0.4, 0.5) is 5.69 Å². The summed E-state index contributed by atoms with van der Waals surface area (Å²) in [5.41, 5.74) is 6.34. The highest BCUT2D eigenvalue weighted by Gasteiger charge is 2.35. The van der Waals surface area contributed by atoms with E-state index < -0.39 is 0 Å². The zero-order valence-corrected chi connectivity index (χ0v) is 13.2. The maximum absolute atomic E-state index is 12.8. The van der Waals surface area contributed by atoms with Gasteiger partial charge in [-0.3, -0.25) is 4.79 Å². The van der Waals surface area contributed by atoms with Gasteiger partial charge in [-0.05, 0) is 32.9 Å². The number of anilines is 1. The molecule has 0 radical (unpaired) electrons. The summed E-state index contributed by atoms with van der Waals surface area (Å²) in [6, 6.07) is 3.73. The van der Waals surface area contributed by atoms with Crippen molar-refractivity contribution in [3.05, 3.63) is 23.2 Å². The van der Waals surface area contributed by atoms with Crippen molar-refractivity contribution >= 4 is 33.1 Å². The zero-order valence-electron chi connectivity index (χ0n) is 12.4. The normalized spacial score (nSPS) is 21.7. The van der Waals surface area contributed by atoms with Crippen molar-refractivity contribution in [2.75, 3.05) is 18.8 Å². The Hall–Kier alpha value is -1.66. The molecule has 6 heteroatoms. The number of hydrogen-bond donors (Lipinski definition) is 1. The Balaban J connectivity index is 1.95. The number of carbonyl (C=O) groups is 1. The number of ether oxygens (including phenoxy) is 1. The highest BCUT2D eigenvalue weighted by molar-refractivity contribution is 7.21. The van der Waals surface area contributed by atoms with Crippen molar-refractivity contribution < 1.29 is 9.53 Å². The molecule has 1 unspecified atom stereocenters. The minimum Gasteiger partial charge on any atom is -0.397 e. The fourth-order valence-corrected chi connectivity index (χ4v) is 3.89. The van der Waals surface area contributed by atoms with Crippen LogP contribution in [0.3, 0.4) is 0 Å². The van der Waals surface area contributed by atoms with Gasteiger partial charge in [0, 0.05) is 24.7 Å². The SMILES string of the molecule is CC1CN(C(=O)c2sc3ncccc3c2N)CC(C)(C)O1. The molecule has 0 bridgehead atoms. The molecule has 1 fully saturated rings. The highest BCUT2D eigenvalue weighted by Crippen LogP contribution is 2.34. The topological polar surface area (TPSA) is 68.5 Å². The summed E-state index contributed by atoms with van der Waals surface area (Å²) in [6.07, 6.45) is 1.73. The second-order valence-electron chi connectivity index (χ2n) is 6.07. The molecule has 3 rings (SSSR count). The standard InChI is InChI=1S/C15H19N3O2S/c1-9-7-18(8-15(2,3)20-9)14(19)12-11(16)10-5-4-6-17-13(10)21-12/h4-6,9H,7-8,16H2,1-3H3. The van der Waals surface area contributed by atoms with E-state index in [-0.39, 0.29) is 17.6 Å². The van der Waals surface area contributed by atoms with Crippen LogP contribution in [0.25, 0.3) is 10.2 Å². The van der Waals surface area contributed by atoms with E-state index >= 15 is 0 Å². The van der Waals surface area contributed by atoms with E-state index in [0.717, 1.165) is 10.2 Å². The molecule has 1 atom stereocenters. The first-order valence-electron chi connectivity index (χ1n) is 6.97. The van der Waals surface area contributed by atoms with E-state index in [2.05, 4.69) is 4.98 Å². The van der Waals surface area contributed by atoms with Gasteiger partial charge in [0.15, 0.2) is 0 Å². The zero-order chi connectivity index (χ0) is 15.2. The first-order chi connectivity index (χ1) is 9.87. The Morgan fingerprint density at radius 1 is 1.57 bits per heavy atom. The van der Waals surface area contributed by atoms with Gasteiger partial charge in [-0.1, -0.05) is 0 Å². The maximum Gasteiger partial charge on any atom is 0.266 e. The Kier molecular flexibility index (Phi) is 3.37. The Bertz CT molecular complexity index is 695. The molecule has 2 aromatic heterocycles. The van der Waals surface area contributed by atoms with E-state index in [0.29, 0.717) is 23.7 Å². The van der Waals surface area contributed by atoms with Crippen LogP contribution in [0.1, 0.15) is 30.4 Å². The summed E-state index contributed by atoms with van der Waals surface area (Å²) in [7, 11) is 0. The average molecular weight is 305 g/mol. The average Bonchev–Trinajstić information content (AvgIpc) is 2.73. The molecule has 0 aliphatic carbocycles. The van der Waals surface area contributed by atoms with E-state index in [1.807, 2.05) is 37.8 Å². The lowest BCUT2D eigenvalue weighted by Gasteiger charge is -2.41. The van der Waals surface area contributed by atoms with E-state index in [1.165, 1.54) is 11.3 Å². The second kappa shape index (κ2) is 4.96. The molecule has 2 N–H and O–H groups in total. The number of nitrogens with two attached hydrogens (primary N) is 1. The van der Waals surface area contributed by atoms with Crippen LogP contribution in [0.15, 0.2) is 18.3 Å². The van der Waals surface area contributed by atoms with Crippen molar-refractivity contribution in [1.82, 2.24) is 9.88 Å². The molecule has 1 aliphatic heterocycles.